The summed E-state index contributed by atoms with van der Waals surface area (Å²) in [7, 11) is 3.14. The smallest absolute Gasteiger partial charge is 0.539 e. The Morgan fingerprint density at radius 1 is 1.11 bits per heavy atom. The number of aryl methyl sites for hydroxylation is 1. The van der Waals surface area contributed by atoms with E-state index in [2.05, 4.69) is 48.3 Å². The minimum atomic E-state index is -0.163. The standard InChI is InChI=1S/C17H22NO3S2.2C2H6.Ru/c1-3-4-5-10-18-17(19)13-20-11-12-21-14-22-23-16-8-6-15(2)7-9-16;2*1-2;/h6-9,14H,3,10-13H2,1-2H3,(H,18,19);2*1-2H3;/q-1;;;+1. The van der Waals surface area contributed by atoms with Gasteiger partial charge in [-0.15, -0.1) is 11.9 Å². The summed E-state index contributed by atoms with van der Waals surface area (Å²) in [6, 6.07) is 8.31. The number of hydrogen-bond acceptors (Lipinski definition) is 5. The molecule has 0 atom stereocenters. The largest absolute Gasteiger partial charge is 1.00 e. The molecule has 0 saturated carbocycles. The van der Waals surface area contributed by atoms with Crippen molar-refractivity contribution in [1.82, 2.24) is 5.32 Å². The van der Waals surface area contributed by atoms with Crippen LogP contribution in [0, 0.1) is 24.7 Å². The van der Waals surface area contributed by atoms with E-state index in [0.29, 0.717) is 19.8 Å². The molecule has 0 aliphatic carbocycles. The molecular weight excluding hydrogens is 479 g/mol. The van der Waals surface area contributed by atoms with Crippen LogP contribution in [0.1, 0.15) is 46.6 Å². The van der Waals surface area contributed by atoms with Crippen LogP contribution in [0.15, 0.2) is 29.2 Å². The van der Waals surface area contributed by atoms with E-state index in [1.807, 2.05) is 34.6 Å². The molecule has 4 nitrogen and oxygen atoms in total. The molecular formula is C21H34NO3RuS2. The average molecular weight is 514 g/mol. The first-order valence-corrected chi connectivity index (χ1v) is 11.6. The van der Waals surface area contributed by atoms with Gasteiger partial charge in [0.05, 0.1) is 13.2 Å². The fourth-order valence-corrected chi connectivity index (χ4v) is 2.90. The Morgan fingerprint density at radius 3 is 2.36 bits per heavy atom. The van der Waals surface area contributed by atoms with Gasteiger partial charge in [-0.3, -0.25) is 15.6 Å². The van der Waals surface area contributed by atoms with Crippen LogP contribution < -0.4 is 5.32 Å². The molecule has 161 valence electrons. The maximum absolute atomic E-state index is 11.4. The zero-order valence-electron chi connectivity index (χ0n) is 17.8. The summed E-state index contributed by atoms with van der Waals surface area (Å²) >= 11 is 0. The summed E-state index contributed by atoms with van der Waals surface area (Å²) in [5, 5.41) is 2.66. The number of nitrogens with one attached hydrogen (secondary N) is 1. The fraction of sp³-hybridized carbons (Fsp3) is 0.524. The van der Waals surface area contributed by atoms with Crippen molar-refractivity contribution in [1.29, 1.82) is 0 Å². The van der Waals surface area contributed by atoms with Crippen LogP contribution in [0.25, 0.3) is 0 Å². The van der Waals surface area contributed by atoms with Gasteiger partial charge in [-0.05, 0) is 19.1 Å². The van der Waals surface area contributed by atoms with E-state index in [1.165, 1.54) is 21.3 Å². The van der Waals surface area contributed by atoms with Gasteiger partial charge in [-0.1, -0.05) is 69.0 Å². The molecule has 0 heterocycles. The number of rotatable bonds is 10. The first-order chi connectivity index (χ1) is 13.2. The second-order valence-electron chi connectivity index (χ2n) is 4.50. The molecule has 0 aliphatic rings. The van der Waals surface area contributed by atoms with E-state index in [4.69, 9.17) is 9.47 Å². The molecule has 0 aromatic heterocycles. The van der Waals surface area contributed by atoms with E-state index in [0.717, 1.165) is 6.42 Å². The molecule has 0 unspecified atom stereocenters. The summed E-state index contributed by atoms with van der Waals surface area (Å²) < 4.78 is 10.5. The molecule has 1 aromatic rings. The average Bonchev–Trinajstić information content (AvgIpc) is 2.72. The van der Waals surface area contributed by atoms with Crippen LogP contribution in [-0.2, 0) is 33.7 Å². The first kappa shape index (κ1) is 32.2. The van der Waals surface area contributed by atoms with Crippen LogP contribution >= 0.6 is 21.6 Å². The molecule has 0 bridgehead atoms. The third kappa shape index (κ3) is 21.8. The molecule has 7 heteroatoms. The zero-order valence-corrected chi connectivity index (χ0v) is 21.2. The zero-order chi connectivity index (χ0) is 20.8. The Labute approximate surface area is 192 Å². The number of ether oxygens (including phenoxy) is 2. The van der Waals surface area contributed by atoms with Gasteiger partial charge in [-0.2, -0.15) is 0 Å². The Bertz CT molecular complexity index is 517. The molecule has 1 radical (unpaired) electrons. The molecule has 1 aromatic carbocycles. The molecule has 0 spiro atoms. The Morgan fingerprint density at radius 2 is 1.75 bits per heavy atom. The Balaban J connectivity index is -0.00000117. The van der Waals surface area contributed by atoms with Crippen LogP contribution in [0.4, 0.5) is 0 Å². The topological polar surface area (TPSA) is 47.6 Å². The summed E-state index contributed by atoms with van der Waals surface area (Å²) in [5.41, 5.74) is 1.25. The van der Waals surface area contributed by atoms with E-state index in [-0.39, 0.29) is 32.0 Å². The molecule has 0 fully saturated rings. The summed E-state index contributed by atoms with van der Waals surface area (Å²) in [4.78, 5) is 12.5. The maximum Gasteiger partial charge on any atom is 1.00 e. The van der Waals surface area contributed by atoms with Crippen molar-refractivity contribution in [3.63, 3.8) is 0 Å². The Hall–Kier alpha value is -0.507. The van der Waals surface area contributed by atoms with Gasteiger partial charge in [0.1, 0.15) is 6.61 Å². The van der Waals surface area contributed by atoms with Crippen LogP contribution in [0.3, 0.4) is 0 Å². The molecule has 1 amide bonds. The van der Waals surface area contributed by atoms with Crippen molar-refractivity contribution in [2.24, 2.45) is 0 Å². The summed E-state index contributed by atoms with van der Waals surface area (Å²) in [6.07, 6.45) is 0.792. The van der Waals surface area contributed by atoms with Crippen LogP contribution in [0.2, 0.25) is 0 Å². The monoisotopic (exact) mass is 514 g/mol. The third-order valence-electron chi connectivity index (χ3n) is 2.53. The second-order valence-corrected chi connectivity index (χ2v) is 6.60. The van der Waals surface area contributed by atoms with Gasteiger partial charge in [0.2, 0.25) is 5.91 Å². The molecule has 1 rings (SSSR count). The SMILES string of the molecule is CC.CC.CCC#CCNC(=O)COCCO[CH-]SSc1ccc(C)cc1.[Ru+]. The predicted molar refractivity (Wildman–Crippen MR) is 119 cm³/mol. The van der Waals surface area contributed by atoms with E-state index in [9.17, 15) is 4.79 Å². The van der Waals surface area contributed by atoms with Crippen molar-refractivity contribution < 1.29 is 33.7 Å². The fourth-order valence-electron chi connectivity index (χ4n) is 1.40. The van der Waals surface area contributed by atoms with Crippen molar-refractivity contribution in [3.05, 3.63) is 35.8 Å². The van der Waals surface area contributed by atoms with Crippen LogP contribution in [-0.4, -0.2) is 32.3 Å². The van der Waals surface area contributed by atoms with Gasteiger partial charge in [0.25, 0.3) is 0 Å². The van der Waals surface area contributed by atoms with Crippen molar-refractivity contribution in [2.75, 3.05) is 26.4 Å². The van der Waals surface area contributed by atoms with Gasteiger partial charge in [-0.25, -0.2) is 0 Å². The summed E-state index contributed by atoms with van der Waals surface area (Å²) in [5.74, 6) is 7.23. The third-order valence-corrected chi connectivity index (χ3v) is 4.40. The number of benzene rings is 1. The van der Waals surface area contributed by atoms with Crippen molar-refractivity contribution in [2.45, 2.75) is 52.9 Å². The summed E-state index contributed by atoms with van der Waals surface area (Å²) in [6.45, 7) is 13.2. The molecule has 0 saturated heterocycles. The van der Waals surface area contributed by atoms with E-state index in [1.54, 1.807) is 16.7 Å². The quantitative estimate of drug-likeness (QED) is 0.148. The number of carbonyl (C=O) groups excluding carboxylic acids is 1. The number of amides is 1. The van der Waals surface area contributed by atoms with Gasteiger partial charge in [0.15, 0.2) is 0 Å². The van der Waals surface area contributed by atoms with Crippen molar-refractivity contribution >= 4 is 27.5 Å². The molecule has 0 aliphatic heterocycles. The van der Waals surface area contributed by atoms with E-state index >= 15 is 0 Å². The van der Waals surface area contributed by atoms with Crippen molar-refractivity contribution in [3.8, 4) is 11.8 Å². The number of hydrogen-bond donors (Lipinski definition) is 1. The minimum absolute atomic E-state index is 0. The van der Waals surface area contributed by atoms with Gasteiger partial charge in [0, 0.05) is 17.9 Å². The number of carbonyl (C=O) groups is 1. The normalized spacial score (nSPS) is 8.64. The minimum Gasteiger partial charge on any atom is -0.539 e. The first-order valence-electron chi connectivity index (χ1n) is 9.36. The maximum atomic E-state index is 11.4. The second kappa shape index (κ2) is 26.5. The molecule has 28 heavy (non-hydrogen) atoms. The van der Waals surface area contributed by atoms with Gasteiger partial charge >= 0.3 is 19.5 Å². The van der Waals surface area contributed by atoms with Gasteiger partial charge < -0.3 is 14.8 Å². The molecule has 1 N–H and O–H groups in total. The predicted octanol–water partition coefficient (Wildman–Crippen LogP) is 5.47. The van der Waals surface area contributed by atoms with Crippen LogP contribution in [0.5, 0.6) is 0 Å². The Kier molecular flexibility index (Phi) is 30.4. The van der Waals surface area contributed by atoms with E-state index < -0.39 is 0 Å².